The number of amides is 1. The summed E-state index contributed by atoms with van der Waals surface area (Å²) in [6, 6.07) is 14.2. The predicted molar refractivity (Wildman–Crippen MR) is 93.0 cm³/mol. The predicted octanol–water partition coefficient (Wildman–Crippen LogP) is 3.18. The lowest BCUT2D eigenvalue weighted by Gasteiger charge is -2.24. The molecule has 0 saturated carbocycles. The molecule has 6 heteroatoms. The standard InChI is InChI=1S/C18H20FNO3S/c1-3-20(17-7-5-4-6-8-17)18(21)14(2)24(22,23)13-15-9-11-16(19)12-10-15/h4-12,14H,3,13H2,1-2H3. The van der Waals surface area contributed by atoms with Crippen molar-refractivity contribution in [3.8, 4) is 0 Å². The first-order valence-corrected chi connectivity index (χ1v) is 9.39. The molecule has 4 nitrogen and oxygen atoms in total. The monoisotopic (exact) mass is 349 g/mol. The van der Waals surface area contributed by atoms with Crippen LogP contribution in [0.25, 0.3) is 0 Å². The van der Waals surface area contributed by atoms with Crippen LogP contribution in [0.15, 0.2) is 54.6 Å². The van der Waals surface area contributed by atoms with Crippen LogP contribution in [0.2, 0.25) is 0 Å². The maximum atomic E-state index is 12.9. The van der Waals surface area contributed by atoms with Crippen LogP contribution in [0, 0.1) is 5.82 Å². The number of carbonyl (C=O) groups excluding carboxylic acids is 1. The molecule has 1 unspecified atom stereocenters. The molecule has 2 rings (SSSR count). The van der Waals surface area contributed by atoms with E-state index in [4.69, 9.17) is 0 Å². The molecule has 0 spiro atoms. The topological polar surface area (TPSA) is 54.5 Å². The second kappa shape index (κ2) is 7.57. The molecule has 0 heterocycles. The minimum absolute atomic E-state index is 0.299. The Kier molecular flexibility index (Phi) is 5.72. The fraction of sp³-hybridized carbons (Fsp3) is 0.278. The molecule has 0 aliphatic carbocycles. The average molecular weight is 349 g/mol. The minimum Gasteiger partial charge on any atom is -0.312 e. The number of hydrogen-bond donors (Lipinski definition) is 0. The molecule has 128 valence electrons. The van der Waals surface area contributed by atoms with Gasteiger partial charge in [-0.2, -0.15) is 0 Å². The van der Waals surface area contributed by atoms with Crippen LogP contribution in [0.1, 0.15) is 19.4 Å². The highest BCUT2D eigenvalue weighted by molar-refractivity contribution is 7.92. The highest BCUT2D eigenvalue weighted by Crippen LogP contribution is 2.19. The number of para-hydroxylation sites is 1. The van der Waals surface area contributed by atoms with Crippen molar-refractivity contribution in [3.63, 3.8) is 0 Å². The van der Waals surface area contributed by atoms with E-state index in [0.29, 0.717) is 17.8 Å². The van der Waals surface area contributed by atoms with Gasteiger partial charge in [0.25, 0.3) is 0 Å². The molecule has 0 aliphatic heterocycles. The van der Waals surface area contributed by atoms with Gasteiger partial charge >= 0.3 is 0 Å². The minimum atomic E-state index is -3.70. The lowest BCUT2D eigenvalue weighted by molar-refractivity contribution is -0.117. The van der Waals surface area contributed by atoms with E-state index in [-0.39, 0.29) is 5.75 Å². The molecule has 1 atom stereocenters. The van der Waals surface area contributed by atoms with Crippen LogP contribution < -0.4 is 4.90 Å². The van der Waals surface area contributed by atoms with Gasteiger partial charge in [0.15, 0.2) is 9.84 Å². The van der Waals surface area contributed by atoms with Gasteiger partial charge in [-0.3, -0.25) is 4.79 Å². The quantitative estimate of drug-likeness (QED) is 0.805. The van der Waals surface area contributed by atoms with E-state index in [9.17, 15) is 17.6 Å². The zero-order valence-corrected chi connectivity index (χ0v) is 14.5. The largest absolute Gasteiger partial charge is 0.312 e. The average Bonchev–Trinajstić information content (AvgIpc) is 2.57. The Hall–Kier alpha value is -2.21. The van der Waals surface area contributed by atoms with Crippen molar-refractivity contribution >= 4 is 21.4 Å². The molecule has 1 amide bonds. The number of nitrogens with zero attached hydrogens (tertiary/aromatic N) is 1. The second-order valence-electron chi connectivity index (χ2n) is 5.49. The van der Waals surface area contributed by atoms with Crippen molar-refractivity contribution in [2.75, 3.05) is 11.4 Å². The number of rotatable bonds is 6. The van der Waals surface area contributed by atoms with E-state index in [2.05, 4.69) is 0 Å². The zero-order valence-electron chi connectivity index (χ0n) is 13.6. The van der Waals surface area contributed by atoms with Crippen molar-refractivity contribution in [2.24, 2.45) is 0 Å². The summed E-state index contributed by atoms with van der Waals surface area (Å²) in [5.74, 6) is -1.20. The second-order valence-corrected chi connectivity index (χ2v) is 7.82. The van der Waals surface area contributed by atoms with Crippen LogP contribution in [0.4, 0.5) is 10.1 Å². The fourth-order valence-electron chi connectivity index (χ4n) is 2.38. The Balaban J connectivity index is 2.20. The molecule has 2 aromatic carbocycles. The Morgan fingerprint density at radius 1 is 1.08 bits per heavy atom. The zero-order chi connectivity index (χ0) is 17.7. The van der Waals surface area contributed by atoms with Crippen LogP contribution >= 0.6 is 0 Å². The molecular formula is C18H20FNO3S. The van der Waals surface area contributed by atoms with E-state index < -0.39 is 26.8 Å². The summed E-state index contributed by atoms with van der Waals surface area (Å²) in [6.45, 7) is 3.57. The van der Waals surface area contributed by atoms with Gasteiger partial charge in [-0.1, -0.05) is 30.3 Å². The van der Waals surface area contributed by atoms with Crippen LogP contribution in [0.5, 0.6) is 0 Å². The lowest BCUT2D eigenvalue weighted by Crippen LogP contribution is -2.42. The van der Waals surface area contributed by atoms with Gasteiger partial charge in [0.05, 0.1) is 5.75 Å². The molecular weight excluding hydrogens is 329 g/mol. The van der Waals surface area contributed by atoms with Gasteiger partial charge in [0.2, 0.25) is 5.91 Å². The summed E-state index contributed by atoms with van der Waals surface area (Å²) in [4.78, 5) is 14.1. The van der Waals surface area contributed by atoms with Gasteiger partial charge in [0.1, 0.15) is 11.1 Å². The van der Waals surface area contributed by atoms with E-state index >= 15 is 0 Å². The number of halogens is 1. The third-order valence-corrected chi connectivity index (χ3v) is 5.83. The third-order valence-electron chi connectivity index (χ3n) is 3.82. The number of carbonyl (C=O) groups is 1. The maximum Gasteiger partial charge on any atom is 0.245 e. The number of anilines is 1. The van der Waals surface area contributed by atoms with Gasteiger partial charge < -0.3 is 4.90 Å². The molecule has 0 aromatic heterocycles. The van der Waals surface area contributed by atoms with E-state index in [1.54, 1.807) is 31.2 Å². The fourth-order valence-corrected chi connectivity index (χ4v) is 3.73. The van der Waals surface area contributed by atoms with Gasteiger partial charge in [-0.25, -0.2) is 12.8 Å². The first-order valence-electron chi connectivity index (χ1n) is 7.67. The maximum absolute atomic E-state index is 12.9. The number of hydrogen-bond acceptors (Lipinski definition) is 3. The van der Waals surface area contributed by atoms with Crippen molar-refractivity contribution in [1.29, 1.82) is 0 Å². The molecule has 0 fully saturated rings. The number of benzene rings is 2. The lowest BCUT2D eigenvalue weighted by atomic mass is 10.2. The molecule has 0 radical (unpaired) electrons. The van der Waals surface area contributed by atoms with Crippen molar-refractivity contribution in [2.45, 2.75) is 24.9 Å². The highest BCUT2D eigenvalue weighted by Gasteiger charge is 2.31. The summed E-state index contributed by atoms with van der Waals surface area (Å²) in [5, 5.41) is -1.18. The van der Waals surface area contributed by atoms with Crippen molar-refractivity contribution < 1.29 is 17.6 Å². The van der Waals surface area contributed by atoms with Gasteiger partial charge in [0, 0.05) is 12.2 Å². The smallest absolute Gasteiger partial charge is 0.245 e. The molecule has 0 aliphatic rings. The van der Waals surface area contributed by atoms with Crippen molar-refractivity contribution in [1.82, 2.24) is 0 Å². The SMILES string of the molecule is CCN(C(=O)C(C)S(=O)(=O)Cc1ccc(F)cc1)c1ccccc1. The third kappa shape index (κ3) is 4.20. The summed E-state index contributed by atoms with van der Waals surface area (Å²) >= 11 is 0. The Morgan fingerprint density at radius 3 is 2.21 bits per heavy atom. The summed E-state index contributed by atoms with van der Waals surface area (Å²) in [5.41, 5.74) is 1.12. The Morgan fingerprint density at radius 2 is 1.67 bits per heavy atom. The van der Waals surface area contributed by atoms with Gasteiger partial charge in [-0.05, 0) is 43.7 Å². The van der Waals surface area contributed by atoms with Crippen LogP contribution in [0.3, 0.4) is 0 Å². The Bertz CT molecular complexity index is 789. The molecule has 0 saturated heterocycles. The molecule has 0 N–H and O–H groups in total. The number of sulfone groups is 1. The van der Waals surface area contributed by atoms with E-state index in [0.717, 1.165) is 0 Å². The first-order chi connectivity index (χ1) is 11.3. The highest BCUT2D eigenvalue weighted by atomic mass is 32.2. The van der Waals surface area contributed by atoms with Crippen LogP contribution in [-0.2, 0) is 20.4 Å². The normalized spacial score (nSPS) is 12.6. The summed E-state index contributed by atoms with van der Waals surface area (Å²) in [6.07, 6.45) is 0. The van der Waals surface area contributed by atoms with E-state index in [1.807, 2.05) is 6.07 Å². The van der Waals surface area contributed by atoms with E-state index in [1.165, 1.54) is 36.1 Å². The summed E-state index contributed by atoms with van der Waals surface area (Å²) in [7, 11) is -3.70. The van der Waals surface area contributed by atoms with Crippen molar-refractivity contribution in [3.05, 3.63) is 66.0 Å². The first kappa shape index (κ1) is 18.1. The molecule has 24 heavy (non-hydrogen) atoms. The van der Waals surface area contributed by atoms with Crippen LogP contribution in [-0.4, -0.2) is 26.1 Å². The molecule has 0 bridgehead atoms. The van der Waals surface area contributed by atoms with Gasteiger partial charge in [-0.15, -0.1) is 0 Å². The molecule has 2 aromatic rings. The Labute approximate surface area is 141 Å². The summed E-state index contributed by atoms with van der Waals surface area (Å²) < 4.78 is 38.0.